The zero-order valence-electron chi connectivity index (χ0n) is 18.2. The number of halogens is 3. The summed E-state index contributed by atoms with van der Waals surface area (Å²) in [5.41, 5.74) is 0.919. The third kappa shape index (κ3) is 4.75. The predicted octanol–water partition coefficient (Wildman–Crippen LogP) is 4.85. The van der Waals surface area contributed by atoms with Gasteiger partial charge in [0.25, 0.3) is 5.91 Å². The molecule has 174 valence electrons. The molecule has 0 radical (unpaired) electrons. The first kappa shape index (κ1) is 23.0. The second-order valence-corrected chi connectivity index (χ2v) is 7.43. The Kier molecular flexibility index (Phi) is 6.31. The molecule has 0 bridgehead atoms. The molecule has 34 heavy (non-hydrogen) atoms. The maximum absolute atomic E-state index is 13.9. The molecule has 2 heterocycles. The third-order valence-electron chi connectivity index (χ3n) is 5.20. The van der Waals surface area contributed by atoms with E-state index in [1.165, 1.54) is 19.2 Å². The predicted molar refractivity (Wildman–Crippen MR) is 118 cm³/mol. The van der Waals surface area contributed by atoms with E-state index >= 15 is 0 Å². The molecule has 0 spiro atoms. The Morgan fingerprint density at radius 1 is 0.971 bits per heavy atom. The molecule has 1 N–H and O–H groups in total. The van der Waals surface area contributed by atoms with E-state index in [2.05, 4.69) is 20.6 Å². The first-order valence-corrected chi connectivity index (χ1v) is 10.3. The van der Waals surface area contributed by atoms with E-state index in [0.717, 1.165) is 22.9 Å². The number of nitrogens with zero attached hydrogens (tertiary/aromatic N) is 4. The lowest BCUT2D eigenvalue weighted by molar-refractivity contribution is -0.143. The summed E-state index contributed by atoms with van der Waals surface area (Å²) in [6.45, 7) is 1.70. The van der Waals surface area contributed by atoms with Crippen molar-refractivity contribution in [2.75, 3.05) is 7.11 Å². The minimum Gasteiger partial charge on any atom is -0.480 e. The molecule has 2 aromatic heterocycles. The van der Waals surface area contributed by atoms with Crippen molar-refractivity contribution in [1.29, 1.82) is 0 Å². The number of alkyl halides is 3. The largest absolute Gasteiger partial charge is 0.480 e. The molecule has 4 rings (SSSR count). The van der Waals surface area contributed by atoms with Crippen LogP contribution in [0.25, 0.3) is 16.9 Å². The Morgan fingerprint density at radius 2 is 1.65 bits per heavy atom. The highest BCUT2D eigenvalue weighted by molar-refractivity contribution is 5.95. The van der Waals surface area contributed by atoms with Gasteiger partial charge >= 0.3 is 6.18 Å². The van der Waals surface area contributed by atoms with Gasteiger partial charge in [0, 0.05) is 6.07 Å². The lowest BCUT2D eigenvalue weighted by Gasteiger charge is -2.16. The Balaban J connectivity index is 1.57. The van der Waals surface area contributed by atoms with E-state index in [0.29, 0.717) is 4.68 Å². The number of aromatic nitrogens is 4. The fourth-order valence-corrected chi connectivity index (χ4v) is 3.45. The quantitative estimate of drug-likeness (QED) is 0.439. The van der Waals surface area contributed by atoms with Gasteiger partial charge in [0.05, 0.1) is 24.9 Å². The number of hydrogen-bond donors (Lipinski definition) is 1. The molecule has 1 atom stereocenters. The van der Waals surface area contributed by atoms with E-state index in [1.807, 2.05) is 54.6 Å². The number of carbonyl (C=O) groups is 1. The van der Waals surface area contributed by atoms with Crippen LogP contribution in [0.4, 0.5) is 13.2 Å². The monoisotopic (exact) mass is 467 g/mol. The summed E-state index contributed by atoms with van der Waals surface area (Å²) >= 11 is 0. The summed E-state index contributed by atoms with van der Waals surface area (Å²) in [7, 11) is 1.36. The van der Waals surface area contributed by atoms with Crippen LogP contribution in [-0.2, 0) is 6.18 Å². The van der Waals surface area contributed by atoms with Crippen LogP contribution in [0.3, 0.4) is 0 Å². The van der Waals surface area contributed by atoms with Crippen LogP contribution in [-0.4, -0.2) is 33.0 Å². The van der Waals surface area contributed by atoms with Crippen LogP contribution < -0.4 is 10.1 Å². The number of amides is 1. The van der Waals surface area contributed by atoms with Crippen molar-refractivity contribution in [2.24, 2.45) is 0 Å². The van der Waals surface area contributed by atoms with E-state index in [-0.39, 0.29) is 11.7 Å². The van der Waals surface area contributed by atoms with Crippen molar-refractivity contribution in [3.05, 3.63) is 89.7 Å². The lowest BCUT2D eigenvalue weighted by Crippen LogP contribution is -2.29. The summed E-state index contributed by atoms with van der Waals surface area (Å²) in [5, 5.41) is 13.7. The van der Waals surface area contributed by atoms with Gasteiger partial charge in [0.15, 0.2) is 11.5 Å². The average molecular weight is 467 g/mol. The van der Waals surface area contributed by atoms with Crippen molar-refractivity contribution in [2.45, 2.75) is 19.1 Å². The van der Waals surface area contributed by atoms with Gasteiger partial charge in [-0.15, -0.1) is 10.2 Å². The number of hydrogen-bond acceptors (Lipinski definition) is 5. The molecule has 2 aromatic carbocycles. The van der Waals surface area contributed by atoms with Crippen molar-refractivity contribution in [1.82, 2.24) is 25.3 Å². The fraction of sp³-hybridized carbons (Fsp3) is 0.167. The van der Waals surface area contributed by atoms with Gasteiger partial charge in [-0.05, 0) is 29.7 Å². The van der Waals surface area contributed by atoms with E-state index in [9.17, 15) is 18.0 Å². The molecular weight excluding hydrogens is 447 g/mol. The zero-order valence-corrected chi connectivity index (χ0v) is 18.2. The normalized spacial score (nSPS) is 12.3. The molecule has 7 nitrogen and oxygen atoms in total. The number of rotatable bonds is 6. The Bertz CT molecular complexity index is 1270. The number of nitrogens with one attached hydrogen (secondary N) is 1. The second-order valence-electron chi connectivity index (χ2n) is 7.43. The molecule has 0 aliphatic rings. The molecule has 1 unspecified atom stereocenters. The molecule has 1 amide bonds. The van der Waals surface area contributed by atoms with Crippen LogP contribution in [0.1, 0.15) is 34.6 Å². The summed E-state index contributed by atoms with van der Waals surface area (Å²) in [6.07, 6.45) is -3.99. The number of benzene rings is 2. The molecule has 0 fully saturated rings. The fourth-order valence-electron chi connectivity index (χ4n) is 3.45. The topological polar surface area (TPSA) is 81.9 Å². The van der Waals surface area contributed by atoms with Gasteiger partial charge in [-0.1, -0.05) is 54.6 Å². The van der Waals surface area contributed by atoms with Crippen molar-refractivity contribution in [3.63, 3.8) is 0 Å². The smallest absolute Gasteiger partial charge is 0.434 e. The standard InChI is InChI=1S/C24H20F3N5O2/c1-15(16-8-10-18(11-9-16)17-6-4-3-5-7-17)29-23(33)19-14-28-32(22(19)24(25,26)27)20-12-13-21(34-2)31-30-20/h3-15H,1-2H3,(H,29,33). The van der Waals surface area contributed by atoms with Crippen LogP contribution >= 0.6 is 0 Å². The Hall–Kier alpha value is -4.21. The SMILES string of the molecule is COc1ccc(-n2ncc(C(=O)NC(C)c3ccc(-c4ccccc4)cc3)c2C(F)(F)F)nn1. The van der Waals surface area contributed by atoms with Crippen molar-refractivity contribution >= 4 is 5.91 Å². The minimum absolute atomic E-state index is 0.134. The van der Waals surface area contributed by atoms with Crippen LogP contribution in [0.2, 0.25) is 0 Å². The third-order valence-corrected chi connectivity index (χ3v) is 5.20. The Morgan fingerprint density at radius 3 is 2.24 bits per heavy atom. The summed E-state index contributed by atoms with van der Waals surface area (Å²) in [5.74, 6) is -0.967. The lowest BCUT2D eigenvalue weighted by atomic mass is 10.0. The van der Waals surface area contributed by atoms with Gasteiger partial charge in [-0.3, -0.25) is 4.79 Å². The first-order valence-electron chi connectivity index (χ1n) is 10.3. The summed E-state index contributed by atoms with van der Waals surface area (Å²) < 4.78 is 47.1. The van der Waals surface area contributed by atoms with Gasteiger partial charge in [0.2, 0.25) is 5.88 Å². The molecule has 0 saturated heterocycles. The van der Waals surface area contributed by atoms with Crippen LogP contribution in [0.5, 0.6) is 5.88 Å². The van der Waals surface area contributed by atoms with Crippen molar-refractivity contribution in [3.8, 4) is 22.8 Å². The molecule has 4 aromatic rings. The van der Waals surface area contributed by atoms with Crippen molar-refractivity contribution < 1.29 is 22.7 Å². The Labute approximate surface area is 193 Å². The first-order chi connectivity index (χ1) is 16.3. The van der Waals surface area contributed by atoms with Gasteiger partial charge in [-0.2, -0.15) is 18.3 Å². The van der Waals surface area contributed by atoms with Gasteiger partial charge < -0.3 is 10.1 Å². The molecule has 0 aliphatic heterocycles. The van der Waals surface area contributed by atoms with Crippen LogP contribution in [0.15, 0.2) is 72.9 Å². The van der Waals surface area contributed by atoms with Crippen LogP contribution in [0, 0.1) is 0 Å². The number of ether oxygens (including phenoxy) is 1. The maximum Gasteiger partial charge on any atom is 0.434 e. The number of carbonyl (C=O) groups excluding carboxylic acids is 1. The highest BCUT2D eigenvalue weighted by Crippen LogP contribution is 2.33. The van der Waals surface area contributed by atoms with E-state index in [4.69, 9.17) is 4.74 Å². The second kappa shape index (κ2) is 9.34. The maximum atomic E-state index is 13.9. The van der Waals surface area contributed by atoms with Gasteiger partial charge in [0.1, 0.15) is 0 Å². The summed E-state index contributed by atoms with van der Waals surface area (Å²) in [4.78, 5) is 12.8. The van der Waals surface area contributed by atoms with Gasteiger partial charge in [-0.25, -0.2) is 4.68 Å². The molecule has 0 saturated carbocycles. The highest BCUT2D eigenvalue weighted by atomic mass is 19.4. The molecular formula is C24H20F3N5O2. The minimum atomic E-state index is -4.86. The van der Waals surface area contributed by atoms with E-state index < -0.39 is 29.4 Å². The number of methoxy groups -OCH3 is 1. The molecule has 10 heteroatoms. The zero-order chi connectivity index (χ0) is 24.3. The highest BCUT2D eigenvalue weighted by Gasteiger charge is 2.41. The summed E-state index contributed by atoms with van der Waals surface area (Å²) in [6, 6.07) is 19.3. The molecule has 0 aliphatic carbocycles. The average Bonchev–Trinajstić information content (AvgIpc) is 3.31. The van der Waals surface area contributed by atoms with E-state index in [1.54, 1.807) is 6.92 Å².